The van der Waals surface area contributed by atoms with Crippen LogP contribution < -0.4 is 0 Å². The van der Waals surface area contributed by atoms with Gasteiger partial charge in [0.25, 0.3) is 0 Å². The molecule has 0 fully saturated rings. The molecule has 0 saturated heterocycles. The number of benzene rings is 3. The van der Waals surface area contributed by atoms with Gasteiger partial charge in [0.15, 0.2) is 0 Å². The summed E-state index contributed by atoms with van der Waals surface area (Å²) in [6.07, 6.45) is 0. The van der Waals surface area contributed by atoms with Gasteiger partial charge in [-0.1, -0.05) is 84.9 Å². The predicted molar refractivity (Wildman–Crippen MR) is 124 cm³/mol. The number of thiophene rings is 2. The van der Waals surface area contributed by atoms with Gasteiger partial charge in [0.2, 0.25) is 0 Å². The Labute approximate surface area is 173 Å². The molecule has 0 nitrogen and oxygen atoms in total. The minimum Gasteiger partial charge on any atom is -0.143 e. The highest BCUT2D eigenvalue weighted by Gasteiger charge is 2.06. The molecule has 0 saturated carbocycles. The molecule has 0 unspecified atom stereocenters. The van der Waals surface area contributed by atoms with E-state index in [0.29, 0.717) is 0 Å². The SMILES string of the molecule is c1ccc(-c2ccc(-c3ccc(-c4ccc(-c5cccs5)s4)cc3)cc2)cc1. The average Bonchev–Trinajstić information content (AvgIpc) is 3.47. The van der Waals surface area contributed by atoms with Crippen LogP contribution >= 0.6 is 22.7 Å². The lowest BCUT2D eigenvalue weighted by atomic mass is 9.99. The third kappa shape index (κ3) is 3.45. The molecule has 0 bridgehead atoms. The van der Waals surface area contributed by atoms with Crippen molar-refractivity contribution in [3.8, 4) is 42.4 Å². The van der Waals surface area contributed by atoms with Crippen molar-refractivity contribution in [3.63, 3.8) is 0 Å². The van der Waals surface area contributed by atoms with Crippen LogP contribution in [0, 0.1) is 0 Å². The monoisotopic (exact) mass is 394 g/mol. The Balaban J connectivity index is 1.38. The summed E-state index contributed by atoms with van der Waals surface area (Å²) in [5, 5.41) is 2.13. The van der Waals surface area contributed by atoms with E-state index in [1.165, 1.54) is 42.4 Å². The van der Waals surface area contributed by atoms with Crippen LogP contribution in [0.5, 0.6) is 0 Å². The quantitative estimate of drug-likeness (QED) is 0.287. The summed E-state index contributed by atoms with van der Waals surface area (Å²) in [4.78, 5) is 3.99. The lowest BCUT2D eigenvalue weighted by Crippen LogP contribution is -1.81. The number of rotatable bonds is 4. The van der Waals surface area contributed by atoms with Crippen molar-refractivity contribution in [1.82, 2.24) is 0 Å². The zero-order valence-electron chi connectivity index (χ0n) is 15.2. The van der Waals surface area contributed by atoms with E-state index in [9.17, 15) is 0 Å². The highest BCUT2D eigenvalue weighted by Crippen LogP contribution is 2.37. The summed E-state index contributed by atoms with van der Waals surface area (Å²) in [5.41, 5.74) is 6.27. The fraction of sp³-hybridized carbons (Fsp3) is 0. The molecule has 5 aromatic rings. The standard InChI is InChI=1S/C26H18S2/c1-2-5-19(6-3-1)20-8-10-21(11-9-20)22-12-14-23(15-13-22)24-16-17-26(28-24)25-7-4-18-27-25/h1-18H. The van der Waals surface area contributed by atoms with Gasteiger partial charge in [0, 0.05) is 14.6 Å². The van der Waals surface area contributed by atoms with Gasteiger partial charge in [-0.05, 0) is 51.4 Å². The third-order valence-electron chi connectivity index (χ3n) is 4.86. The molecule has 0 N–H and O–H groups in total. The predicted octanol–water partition coefficient (Wildman–Crippen LogP) is 8.48. The van der Waals surface area contributed by atoms with Crippen molar-refractivity contribution in [3.05, 3.63) is 109 Å². The summed E-state index contributed by atoms with van der Waals surface area (Å²) in [5.74, 6) is 0. The van der Waals surface area contributed by atoms with E-state index in [4.69, 9.17) is 0 Å². The second-order valence-electron chi connectivity index (χ2n) is 6.66. The molecule has 2 heteroatoms. The van der Waals surface area contributed by atoms with Crippen molar-refractivity contribution >= 4 is 22.7 Å². The average molecular weight is 395 g/mol. The maximum absolute atomic E-state index is 2.23. The van der Waals surface area contributed by atoms with E-state index in [-0.39, 0.29) is 0 Å². The van der Waals surface area contributed by atoms with Crippen LogP contribution in [-0.2, 0) is 0 Å². The largest absolute Gasteiger partial charge is 0.143 e. The zero-order chi connectivity index (χ0) is 18.8. The molecule has 3 aromatic carbocycles. The highest BCUT2D eigenvalue weighted by molar-refractivity contribution is 7.23. The first-order chi connectivity index (χ1) is 13.9. The normalized spacial score (nSPS) is 10.9. The Kier molecular flexibility index (Phi) is 4.66. The first-order valence-electron chi connectivity index (χ1n) is 9.27. The van der Waals surface area contributed by atoms with Crippen LogP contribution in [0.1, 0.15) is 0 Å². The smallest absolute Gasteiger partial charge is 0.0449 e. The molecule has 2 aromatic heterocycles. The Hall–Kier alpha value is -2.94. The lowest BCUT2D eigenvalue weighted by Gasteiger charge is -2.06. The van der Waals surface area contributed by atoms with Gasteiger partial charge < -0.3 is 0 Å². The van der Waals surface area contributed by atoms with E-state index in [1.807, 2.05) is 11.3 Å². The van der Waals surface area contributed by atoms with Crippen LogP contribution in [0.15, 0.2) is 109 Å². The van der Waals surface area contributed by atoms with Gasteiger partial charge in [-0.3, -0.25) is 0 Å². The van der Waals surface area contributed by atoms with Gasteiger partial charge in [-0.25, -0.2) is 0 Å². The summed E-state index contributed by atoms with van der Waals surface area (Å²) >= 11 is 3.65. The van der Waals surface area contributed by atoms with Crippen molar-refractivity contribution in [2.75, 3.05) is 0 Å². The van der Waals surface area contributed by atoms with E-state index in [0.717, 1.165) is 0 Å². The summed E-state index contributed by atoms with van der Waals surface area (Å²) in [6, 6.07) is 37.0. The molecule has 0 aliphatic rings. The highest BCUT2D eigenvalue weighted by atomic mass is 32.1. The Bertz CT molecular complexity index is 1160. The fourth-order valence-electron chi connectivity index (χ4n) is 3.36. The minimum absolute atomic E-state index is 1.25. The fourth-order valence-corrected chi connectivity index (χ4v) is 5.20. The van der Waals surface area contributed by atoms with Crippen LogP contribution in [0.25, 0.3) is 42.4 Å². The molecule has 0 atom stereocenters. The van der Waals surface area contributed by atoms with E-state index >= 15 is 0 Å². The molecule has 2 heterocycles. The first kappa shape index (κ1) is 17.2. The zero-order valence-corrected chi connectivity index (χ0v) is 16.8. The van der Waals surface area contributed by atoms with Crippen LogP contribution in [0.2, 0.25) is 0 Å². The van der Waals surface area contributed by atoms with Crippen LogP contribution in [0.4, 0.5) is 0 Å². The second-order valence-corrected chi connectivity index (χ2v) is 8.69. The van der Waals surface area contributed by atoms with E-state index in [1.54, 1.807) is 11.3 Å². The second kappa shape index (κ2) is 7.59. The molecule has 0 amide bonds. The number of hydrogen-bond donors (Lipinski definition) is 0. The summed E-state index contributed by atoms with van der Waals surface area (Å²) in [7, 11) is 0. The molecular weight excluding hydrogens is 376 g/mol. The van der Waals surface area contributed by atoms with Crippen molar-refractivity contribution in [2.24, 2.45) is 0 Å². The van der Waals surface area contributed by atoms with Crippen LogP contribution in [-0.4, -0.2) is 0 Å². The molecule has 0 spiro atoms. The van der Waals surface area contributed by atoms with Crippen molar-refractivity contribution in [1.29, 1.82) is 0 Å². The van der Waals surface area contributed by atoms with E-state index in [2.05, 4.69) is 109 Å². The molecule has 28 heavy (non-hydrogen) atoms. The number of hydrogen-bond acceptors (Lipinski definition) is 2. The first-order valence-corrected chi connectivity index (χ1v) is 11.0. The molecular formula is C26H18S2. The minimum atomic E-state index is 1.25. The Morgan fingerprint density at radius 2 is 0.893 bits per heavy atom. The van der Waals surface area contributed by atoms with Crippen LogP contribution in [0.3, 0.4) is 0 Å². The molecule has 0 aliphatic heterocycles. The van der Waals surface area contributed by atoms with E-state index < -0.39 is 0 Å². The molecule has 0 aliphatic carbocycles. The summed E-state index contributed by atoms with van der Waals surface area (Å²) < 4.78 is 0. The maximum atomic E-state index is 2.23. The molecule has 0 radical (unpaired) electrons. The molecule has 5 rings (SSSR count). The van der Waals surface area contributed by atoms with Crippen molar-refractivity contribution in [2.45, 2.75) is 0 Å². The summed E-state index contributed by atoms with van der Waals surface area (Å²) in [6.45, 7) is 0. The lowest BCUT2D eigenvalue weighted by molar-refractivity contribution is 1.59. The maximum Gasteiger partial charge on any atom is 0.0449 e. The third-order valence-corrected chi connectivity index (χ3v) is 7.06. The van der Waals surface area contributed by atoms with Gasteiger partial charge in [0.1, 0.15) is 0 Å². The van der Waals surface area contributed by atoms with Gasteiger partial charge in [-0.15, -0.1) is 22.7 Å². The Morgan fingerprint density at radius 1 is 0.357 bits per heavy atom. The van der Waals surface area contributed by atoms with Crippen molar-refractivity contribution < 1.29 is 0 Å². The van der Waals surface area contributed by atoms with Gasteiger partial charge in [-0.2, -0.15) is 0 Å². The Morgan fingerprint density at radius 3 is 1.46 bits per heavy atom. The molecule has 134 valence electrons. The topological polar surface area (TPSA) is 0 Å². The van der Waals surface area contributed by atoms with Gasteiger partial charge >= 0.3 is 0 Å². The van der Waals surface area contributed by atoms with Gasteiger partial charge in [0.05, 0.1) is 0 Å².